The van der Waals surface area contributed by atoms with Gasteiger partial charge >= 0.3 is 0 Å². The largest absolute Gasteiger partial charge is 0.387 e. The smallest absolute Gasteiger partial charge is 0.256 e. The second-order valence-corrected chi connectivity index (χ2v) is 4.77. The second-order valence-electron chi connectivity index (χ2n) is 4.33. The van der Waals surface area contributed by atoms with Crippen LogP contribution < -0.4 is 10.6 Å². The lowest BCUT2D eigenvalue weighted by Crippen LogP contribution is -2.34. The molecule has 2 rings (SSSR count). The molecule has 2 N–H and O–H groups in total. The first-order valence-corrected chi connectivity index (χ1v) is 6.53. The average molecular weight is 282 g/mol. The lowest BCUT2D eigenvalue weighted by molar-refractivity contribution is -0.120. The summed E-state index contributed by atoms with van der Waals surface area (Å²) in [7, 11) is 1.76. The van der Waals surface area contributed by atoms with Gasteiger partial charge < -0.3 is 15.5 Å². The van der Waals surface area contributed by atoms with Gasteiger partial charge in [0, 0.05) is 43.8 Å². The fourth-order valence-corrected chi connectivity index (χ4v) is 2.22. The molecule has 0 spiro atoms. The van der Waals surface area contributed by atoms with Crippen LogP contribution in [0.3, 0.4) is 0 Å². The van der Waals surface area contributed by atoms with Crippen LogP contribution in [0, 0.1) is 0 Å². The zero-order valence-corrected chi connectivity index (χ0v) is 11.5. The summed E-state index contributed by atoms with van der Waals surface area (Å²) in [6.07, 6.45) is 0.335. The maximum absolute atomic E-state index is 12.5. The fourth-order valence-electron chi connectivity index (χ4n) is 2.05. The first kappa shape index (κ1) is 13.7. The van der Waals surface area contributed by atoms with E-state index in [0.29, 0.717) is 36.6 Å². The van der Waals surface area contributed by atoms with Crippen LogP contribution in [-0.2, 0) is 4.79 Å². The Morgan fingerprint density at radius 1 is 1.42 bits per heavy atom. The number of anilines is 1. The SMILES string of the molecule is CNc1ccc(Cl)cc1C(=O)N1CCNC(=O)CC1. The summed E-state index contributed by atoms with van der Waals surface area (Å²) in [5.41, 5.74) is 1.27. The monoisotopic (exact) mass is 281 g/mol. The number of rotatable bonds is 2. The minimum absolute atomic E-state index is 0.0183. The third kappa shape index (κ3) is 3.17. The molecule has 102 valence electrons. The molecule has 0 atom stereocenters. The van der Waals surface area contributed by atoms with Gasteiger partial charge in [-0.3, -0.25) is 9.59 Å². The third-order valence-electron chi connectivity index (χ3n) is 3.08. The topological polar surface area (TPSA) is 61.4 Å². The molecule has 0 aromatic heterocycles. The van der Waals surface area contributed by atoms with Gasteiger partial charge in [-0.15, -0.1) is 0 Å². The van der Waals surface area contributed by atoms with Gasteiger partial charge in [0.2, 0.25) is 5.91 Å². The molecule has 2 amide bonds. The highest BCUT2D eigenvalue weighted by atomic mass is 35.5. The quantitative estimate of drug-likeness (QED) is 0.860. The molecule has 1 fully saturated rings. The van der Waals surface area contributed by atoms with Crippen molar-refractivity contribution in [3.8, 4) is 0 Å². The average Bonchev–Trinajstić information content (AvgIpc) is 2.62. The molecule has 0 radical (unpaired) electrons. The highest BCUT2D eigenvalue weighted by molar-refractivity contribution is 6.31. The molecule has 6 heteroatoms. The Morgan fingerprint density at radius 2 is 2.21 bits per heavy atom. The Morgan fingerprint density at radius 3 is 2.95 bits per heavy atom. The van der Waals surface area contributed by atoms with Crippen LogP contribution in [0.25, 0.3) is 0 Å². The molecule has 0 unspecified atom stereocenters. The molecule has 1 heterocycles. The van der Waals surface area contributed by atoms with Crippen molar-refractivity contribution in [1.29, 1.82) is 0 Å². The van der Waals surface area contributed by atoms with E-state index < -0.39 is 0 Å². The van der Waals surface area contributed by atoms with E-state index in [1.807, 2.05) is 0 Å². The van der Waals surface area contributed by atoms with E-state index in [-0.39, 0.29) is 11.8 Å². The number of nitrogens with zero attached hydrogens (tertiary/aromatic N) is 1. The number of benzene rings is 1. The Kier molecular flexibility index (Phi) is 4.27. The molecule has 0 saturated carbocycles. The van der Waals surface area contributed by atoms with Crippen LogP contribution in [0.15, 0.2) is 18.2 Å². The molecule has 19 heavy (non-hydrogen) atoms. The summed E-state index contributed by atoms with van der Waals surface area (Å²) in [6.45, 7) is 1.43. The van der Waals surface area contributed by atoms with Crippen molar-refractivity contribution in [3.63, 3.8) is 0 Å². The molecule has 1 aliphatic rings. The van der Waals surface area contributed by atoms with E-state index in [1.54, 1.807) is 30.1 Å². The van der Waals surface area contributed by atoms with Crippen molar-refractivity contribution in [2.75, 3.05) is 32.0 Å². The molecule has 1 aromatic rings. The highest BCUT2D eigenvalue weighted by Crippen LogP contribution is 2.22. The van der Waals surface area contributed by atoms with Crippen molar-refractivity contribution in [3.05, 3.63) is 28.8 Å². The number of hydrogen-bond acceptors (Lipinski definition) is 3. The van der Waals surface area contributed by atoms with Gasteiger partial charge in [-0.05, 0) is 18.2 Å². The van der Waals surface area contributed by atoms with Gasteiger partial charge in [-0.25, -0.2) is 0 Å². The molecule has 0 bridgehead atoms. The summed E-state index contributed by atoms with van der Waals surface area (Å²) in [6, 6.07) is 5.16. The van der Waals surface area contributed by atoms with Crippen LogP contribution in [0.1, 0.15) is 16.8 Å². The van der Waals surface area contributed by atoms with E-state index in [0.717, 1.165) is 5.69 Å². The number of hydrogen-bond donors (Lipinski definition) is 2. The van der Waals surface area contributed by atoms with E-state index in [1.165, 1.54) is 0 Å². The van der Waals surface area contributed by atoms with Crippen molar-refractivity contribution < 1.29 is 9.59 Å². The van der Waals surface area contributed by atoms with Gasteiger partial charge in [-0.1, -0.05) is 11.6 Å². The first-order chi connectivity index (χ1) is 9.11. The van der Waals surface area contributed by atoms with E-state index in [4.69, 9.17) is 11.6 Å². The summed E-state index contributed by atoms with van der Waals surface area (Å²) < 4.78 is 0. The normalized spacial score (nSPS) is 15.7. The van der Waals surface area contributed by atoms with Gasteiger partial charge in [0.25, 0.3) is 5.91 Å². The standard InChI is InChI=1S/C13H16ClN3O2/c1-15-11-3-2-9(14)8-10(11)13(19)17-6-4-12(18)16-5-7-17/h2-3,8,15H,4-7H2,1H3,(H,16,18). The fraction of sp³-hybridized carbons (Fsp3) is 0.385. The van der Waals surface area contributed by atoms with Crippen LogP contribution in [0.5, 0.6) is 0 Å². The van der Waals surface area contributed by atoms with Crippen molar-refractivity contribution in [2.45, 2.75) is 6.42 Å². The van der Waals surface area contributed by atoms with Crippen molar-refractivity contribution >= 4 is 29.1 Å². The predicted octanol–water partition coefficient (Wildman–Crippen LogP) is 1.34. The van der Waals surface area contributed by atoms with Crippen molar-refractivity contribution in [1.82, 2.24) is 10.2 Å². The maximum atomic E-state index is 12.5. The summed E-state index contributed by atoms with van der Waals surface area (Å²) in [5, 5.41) is 6.24. The highest BCUT2D eigenvalue weighted by Gasteiger charge is 2.21. The number of halogens is 1. The van der Waals surface area contributed by atoms with Gasteiger partial charge in [0.15, 0.2) is 0 Å². The Labute approximate surface area is 116 Å². The molecular weight excluding hydrogens is 266 g/mol. The van der Waals surface area contributed by atoms with E-state index in [2.05, 4.69) is 10.6 Å². The van der Waals surface area contributed by atoms with Crippen LogP contribution in [0.4, 0.5) is 5.69 Å². The van der Waals surface area contributed by atoms with Gasteiger partial charge in [0.1, 0.15) is 0 Å². The van der Waals surface area contributed by atoms with E-state index in [9.17, 15) is 9.59 Å². The third-order valence-corrected chi connectivity index (χ3v) is 3.32. The Balaban J connectivity index is 2.23. The summed E-state index contributed by atoms with van der Waals surface area (Å²) >= 11 is 5.95. The number of carbonyl (C=O) groups is 2. The molecule has 1 saturated heterocycles. The molecular formula is C13H16ClN3O2. The Hall–Kier alpha value is -1.75. The number of nitrogens with one attached hydrogen (secondary N) is 2. The van der Waals surface area contributed by atoms with Crippen LogP contribution >= 0.6 is 11.6 Å². The van der Waals surface area contributed by atoms with Gasteiger partial charge in [-0.2, -0.15) is 0 Å². The van der Waals surface area contributed by atoms with Crippen LogP contribution in [-0.4, -0.2) is 43.4 Å². The lowest BCUT2D eigenvalue weighted by Gasteiger charge is -2.21. The van der Waals surface area contributed by atoms with Crippen LogP contribution in [0.2, 0.25) is 5.02 Å². The first-order valence-electron chi connectivity index (χ1n) is 6.15. The summed E-state index contributed by atoms with van der Waals surface area (Å²) in [4.78, 5) is 25.4. The maximum Gasteiger partial charge on any atom is 0.256 e. The second kappa shape index (κ2) is 5.93. The predicted molar refractivity (Wildman–Crippen MR) is 74.5 cm³/mol. The molecule has 0 aliphatic carbocycles. The Bertz CT molecular complexity index is 505. The zero-order chi connectivity index (χ0) is 13.8. The minimum atomic E-state index is -0.108. The molecule has 1 aliphatic heterocycles. The summed E-state index contributed by atoms with van der Waals surface area (Å²) in [5.74, 6) is -0.126. The lowest BCUT2D eigenvalue weighted by atomic mass is 10.1. The molecule has 5 nitrogen and oxygen atoms in total. The van der Waals surface area contributed by atoms with Gasteiger partial charge in [0.05, 0.1) is 5.56 Å². The minimum Gasteiger partial charge on any atom is -0.387 e. The van der Waals surface area contributed by atoms with Crippen molar-refractivity contribution in [2.24, 2.45) is 0 Å². The zero-order valence-electron chi connectivity index (χ0n) is 10.7. The van der Waals surface area contributed by atoms with E-state index >= 15 is 0 Å². The number of carbonyl (C=O) groups excluding carboxylic acids is 2. The molecule has 1 aromatic carbocycles. The number of amides is 2.